The van der Waals surface area contributed by atoms with Crippen molar-refractivity contribution in [2.75, 3.05) is 13.2 Å². The van der Waals surface area contributed by atoms with Gasteiger partial charge in [-0.3, -0.25) is 4.79 Å². The van der Waals surface area contributed by atoms with E-state index in [-0.39, 0.29) is 18.1 Å². The van der Waals surface area contributed by atoms with Crippen LogP contribution in [0.4, 0.5) is 0 Å². The van der Waals surface area contributed by atoms with Gasteiger partial charge in [-0.15, -0.1) is 0 Å². The molecular formula is C28H29NO4. The maximum absolute atomic E-state index is 12.6. The molecule has 170 valence electrons. The first kappa shape index (κ1) is 22.8. The minimum Gasteiger partial charge on any atom is -0.487 e. The van der Waals surface area contributed by atoms with E-state index in [2.05, 4.69) is 24.4 Å². The van der Waals surface area contributed by atoms with Crippen molar-refractivity contribution in [2.24, 2.45) is 0 Å². The zero-order chi connectivity index (χ0) is 23.0. The normalized spacial score (nSPS) is 13.0. The van der Waals surface area contributed by atoms with Crippen LogP contribution in [0, 0.1) is 0 Å². The Morgan fingerprint density at radius 1 is 0.970 bits per heavy atom. The highest BCUT2D eigenvalue weighted by molar-refractivity contribution is 5.84. The second kappa shape index (κ2) is 10.9. The van der Waals surface area contributed by atoms with Crippen LogP contribution in [-0.4, -0.2) is 30.4 Å². The van der Waals surface area contributed by atoms with Gasteiger partial charge in [0.2, 0.25) is 0 Å². The molecular weight excluding hydrogens is 414 g/mol. The number of hydrogen-bond donors (Lipinski definition) is 2. The van der Waals surface area contributed by atoms with Gasteiger partial charge in [-0.1, -0.05) is 73.7 Å². The van der Waals surface area contributed by atoms with Crippen LogP contribution in [0.5, 0.6) is 5.75 Å². The lowest BCUT2D eigenvalue weighted by atomic mass is 10.0. The monoisotopic (exact) mass is 443 g/mol. The average Bonchev–Trinajstić information content (AvgIpc) is 2.86. The van der Waals surface area contributed by atoms with Crippen molar-refractivity contribution in [3.63, 3.8) is 0 Å². The van der Waals surface area contributed by atoms with Crippen molar-refractivity contribution in [1.29, 1.82) is 0 Å². The predicted octanol–water partition coefficient (Wildman–Crippen LogP) is 4.81. The molecule has 0 bridgehead atoms. The van der Waals surface area contributed by atoms with Gasteiger partial charge in [-0.25, -0.2) is 0 Å². The van der Waals surface area contributed by atoms with Gasteiger partial charge < -0.3 is 19.6 Å². The highest BCUT2D eigenvalue weighted by Gasteiger charge is 2.14. The smallest absolute Gasteiger partial charge is 0.193 e. The number of aliphatic hydroxyl groups excluding tert-OH is 1. The van der Waals surface area contributed by atoms with Crippen LogP contribution in [0.2, 0.25) is 0 Å². The lowest BCUT2D eigenvalue weighted by Crippen LogP contribution is -2.38. The molecule has 0 saturated heterocycles. The van der Waals surface area contributed by atoms with E-state index in [4.69, 9.17) is 9.15 Å². The average molecular weight is 444 g/mol. The Hall–Kier alpha value is -3.41. The second-order valence-corrected chi connectivity index (χ2v) is 8.14. The van der Waals surface area contributed by atoms with Crippen molar-refractivity contribution in [2.45, 2.75) is 31.9 Å². The molecule has 3 aromatic carbocycles. The number of ether oxygens (including phenoxy) is 1. The van der Waals surface area contributed by atoms with Crippen LogP contribution in [0.3, 0.4) is 0 Å². The number of aliphatic hydroxyl groups is 1. The van der Waals surface area contributed by atoms with Gasteiger partial charge in [0.15, 0.2) is 16.8 Å². The van der Waals surface area contributed by atoms with Crippen LogP contribution >= 0.6 is 0 Å². The summed E-state index contributed by atoms with van der Waals surface area (Å²) in [5, 5.41) is 14.4. The fourth-order valence-corrected chi connectivity index (χ4v) is 3.82. The second-order valence-electron chi connectivity index (χ2n) is 8.14. The fourth-order valence-electron chi connectivity index (χ4n) is 3.82. The summed E-state index contributed by atoms with van der Waals surface area (Å²) < 4.78 is 11.9. The number of hydrogen-bond acceptors (Lipinski definition) is 5. The van der Waals surface area contributed by atoms with Crippen molar-refractivity contribution < 1.29 is 14.3 Å². The molecule has 0 radical (unpaired) electrons. The summed E-state index contributed by atoms with van der Waals surface area (Å²) in [4.78, 5) is 12.6. The molecule has 0 saturated carbocycles. The van der Waals surface area contributed by atoms with E-state index in [1.54, 1.807) is 18.2 Å². The van der Waals surface area contributed by atoms with Gasteiger partial charge in [-0.05, 0) is 30.5 Å². The molecule has 0 amide bonds. The topological polar surface area (TPSA) is 71.7 Å². The number of nitrogens with one attached hydrogen (secondary N) is 1. The van der Waals surface area contributed by atoms with Crippen molar-refractivity contribution in [1.82, 2.24) is 5.32 Å². The predicted molar refractivity (Wildman–Crippen MR) is 132 cm³/mol. The van der Waals surface area contributed by atoms with Gasteiger partial charge in [0.1, 0.15) is 18.5 Å². The third-order valence-corrected chi connectivity index (χ3v) is 5.67. The molecule has 2 unspecified atom stereocenters. The first-order valence-electron chi connectivity index (χ1n) is 11.3. The van der Waals surface area contributed by atoms with Gasteiger partial charge in [0.05, 0.1) is 5.39 Å². The molecule has 1 heterocycles. The van der Waals surface area contributed by atoms with Crippen LogP contribution in [0.15, 0.2) is 94.1 Å². The van der Waals surface area contributed by atoms with Crippen molar-refractivity contribution in [3.8, 4) is 17.1 Å². The summed E-state index contributed by atoms with van der Waals surface area (Å²) in [6.45, 7) is 2.63. The Balaban J connectivity index is 1.42. The molecule has 5 nitrogen and oxygen atoms in total. The molecule has 0 spiro atoms. The Kier molecular flexibility index (Phi) is 7.55. The summed E-state index contributed by atoms with van der Waals surface area (Å²) in [5.41, 5.74) is 2.34. The number of rotatable bonds is 10. The largest absolute Gasteiger partial charge is 0.487 e. The van der Waals surface area contributed by atoms with Crippen LogP contribution in [0.25, 0.3) is 22.3 Å². The number of benzene rings is 3. The molecule has 0 aliphatic heterocycles. The highest BCUT2D eigenvalue weighted by atomic mass is 16.5. The molecule has 4 rings (SSSR count). The van der Waals surface area contributed by atoms with Gasteiger partial charge >= 0.3 is 0 Å². The van der Waals surface area contributed by atoms with Gasteiger partial charge in [-0.2, -0.15) is 0 Å². The first-order chi connectivity index (χ1) is 16.1. The maximum atomic E-state index is 12.6. The lowest BCUT2D eigenvalue weighted by molar-refractivity contribution is 0.103. The molecule has 33 heavy (non-hydrogen) atoms. The summed E-state index contributed by atoms with van der Waals surface area (Å²) in [6, 6.07) is 26.8. The third-order valence-electron chi connectivity index (χ3n) is 5.67. The molecule has 0 fully saturated rings. The Labute approximate surface area is 193 Å². The summed E-state index contributed by atoms with van der Waals surface area (Å²) in [5.74, 6) is 0.927. The highest BCUT2D eigenvalue weighted by Crippen LogP contribution is 2.28. The molecule has 0 aliphatic carbocycles. The zero-order valence-electron chi connectivity index (χ0n) is 18.7. The van der Waals surface area contributed by atoms with E-state index in [0.29, 0.717) is 29.0 Å². The van der Waals surface area contributed by atoms with Crippen molar-refractivity contribution in [3.05, 3.63) is 101 Å². The summed E-state index contributed by atoms with van der Waals surface area (Å²) in [6.07, 6.45) is 1.16. The minimum absolute atomic E-state index is 0.0904. The Morgan fingerprint density at radius 2 is 1.70 bits per heavy atom. The van der Waals surface area contributed by atoms with Crippen LogP contribution in [0.1, 0.15) is 18.9 Å². The standard InChI is InChI=1S/C28H29NO4/c1-2-22(16-20-10-5-3-6-11-20)29-18-23(30)19-32-26-15-9-14-24-25(31)17-27(33-28(24)26)21-12-7-4-8-13-21/h3-15,17,22-23,29-30H,2,16,18-19H2,1H3. The summed E-state index contributed by atoms with van der Waals surface area (Å²) >= 11 is 0. The number of fused-ring (bicyclic) bond motifs is 1. The van der Waals surface area contributed by atoms with Crippen LogP contribution < -0.4 is 15.5 Å². The molecule has 0 aliphatic rings. The summed E-state index contributed by atoms with van der Waals surface area (Å²) in [7, 11) is 0. The Morgan fingerprint density at radius 3 is 2.42 bits per heavy atom. The fraction of sp³-hybridized carbons (Fsp3) is 0.250. The third kappa shape index (κ3) is 5.89. The number of para-hydroxylation sites is 1. The maximum Gasteiger partial charge on any atom is 0.193 e. The molecule has 2 atom stereocenters. The van der Waals surface area contributed by atoms with Gasteiger partial charge in [0.25, 0.3) is 0 Å². The SMILES string of the molecule is CCC(Cc1ccccc1)NCC(O)COc1cccc2c(=O)cc(-c3ccccc3)oc12. The zero-order valence-corrected chi connectivity index (χ0v) is 18.7. The van der Waals surface area contributed by atoms with Gasteiger partial charge in [0, 0.05) is 24.2 Å². The first-order valence-corrected chi connectivity index (χ1v) is 11.3. The Bertz CT molecular complexity index is 1220. The molecule has 4 aromatic rings. The molecule has 1 aromatic heterocycles. The molecule has 5 heteroatoms. The lowest BCUT2D eigenvalue weighted by Gasteiger charge is -2.20. The quantitative estimate of drug-likeness (QED) is 0.368. The van der Waals surface area contributed by atoms with E-state index in [9.17, 15) is 9.90 Å². The van der Waals surface area contributed by atoms with E-state index in [0.717, 1.165) is 18.4 Å². The molecule has 2 N–H and O–H groups in total. The minimum atomic E-state index is -0.700. The van der Waals surface area contributed by atoms with E-state index in [1.165, 1.54) is 11.6 Å². The van der Waals surface area contributed by atoms with E-state index >= 15 is 0 Å². The van der Waals surface area contributed by atoms with E-state index < -0.39 is 6.10 Å². The van der Waals surface area contributed by atoms with Crippen molar-refractivity contribution >= 4 is 11.0 Å². The van der Waals surface area contributed by atoms with Crippen LogP contribution in [-0.2, 0) is 6.42 Å². The van der Waals surface area contributed by atoms with E-state index in [1.807, 2.05) is 48.5 Å².